The normalized spacial score (nSPS) is 14.3. The van der Waals surface area contributed by atoms with Gasteiger partial charge in [-0.1, -0.05) is 16.8 Å². The third-order valence-corrected chi connectivity index (χ3v) is 4.67. The van der Waals surface area contributed by atoms with Crippen molar-refractivity contribution < 1.29 is 17.7 Å². The van der Waals surface area contributed by atoms with Gasteiger partial charge < -0.3 is 11.1 Å². The highest BCUT2D eigenvalue weighted by molar-refractivity contribution is 6.30. The molecule has 29 heavy (non-hydrogen) atoms. The fourth-order valence-corrected chi connectivity index (χ4v) is 3.27. The zero-order chi connectivity index (χ0) is 20.7. The quantitative estimate of drug-likeness (QED) is 0.672. The summed E-state index contributed by atoms with van der Waals surface area (Å²) in [7, 11) is 0. The number of anilines is 1. The Balaban J connectivity index is 1.90. The van der Waals surface area contributed by atoms with Gasteiger partial charge in [-0.3, -0.25) is 9.52 Å². The summed E-state index contributed by atoms with van der Waals surface area (Å²) in [6.07, 6.45) is 0.146. The maximum Gasteiger partial charge on any atom is 0.446 e. The van der Waals surface area contributed by atoms with Crippen molar-refractivity contribution in [2.75, 3.05) is 18.4 Å². The highest BCUT2D eigenvalue weighted by Gasteiger charge is 2.29. The van der Waals surface area contributed by atoms with Gasteiger partial charge in [-0.2, -0.15) is 0 Å². The molecule has 1 aromatic heterocycles. The van der Waals surface area contributed by atoms with Crippen LogP contribution in [0.25, 0.3) is 17.1 Å². The summed E-state index contributed by atoms with van der Waals surface area (Å²) in [5, 5.41) is 6.22. The number of aromatic nitrogens is 2. The molecule has 1 aliphatic heterocycles. The summed E-state index contributed by atoms with van der Waals surface area (Å²) >= 11 is 5.80. The summed E-state index contributed by atoms with van der Waals surface area (Å²) in [6.45, 7) is 0.595. The average Bonchev–Trinajstić information content (AvgIpc) is 3.29. The first-order valence-corrected chi connectivity index (χ1v) is 8.84. The van der Waals surface area contributed by atoms with Gasteiger partial charge in [0.15, 0.2) is 17.5 Å². The number of amidine groups is 1. The van der Waals surface area contributed by atoms with E-state index in [0.717, 1.165) is 16.7 Å². The number of fused-ring (bicyclic) bond motifs is 1. The maximum absolute atomic E-state index is 14.3. The Hall–Kier alpha value is -3.11. The predicted molar refractivity (Wildman–Crippen MR) is 101 cm³/mol. The highest BCUT2D eigenvalue weighted by Crippen LogP contribution is 2.37. The van der Waals surface area contributed by atoms with Crippen LogP contribution in [0.2, 0.25) is 5.02 Å². The van der Waals surface area contributed by atoms with E-state index in [9.17, 15) is 18.0 Å². The van der Waals surface area contributed by atoms with Gasteiger partial charge in [0.05, 0.1) is 22.9 Å². The van der Waals surface area contributed by atoms with E-state index in [2.05, 4.69) is 15.5 Å². The first-order valence-electron chi connectivity index (χ1n) is 8.46. The van der Waals surface area contributed by atoms with Crippen LogP contribution < -0.4 is 16.8 Å². The molecule has 0 unspecified atom stereocenters. The molecule has 0 saturated heterocycles. The largest absolute Gasteiger partial charge is 0.446 e. The molecule has 0 bridgehead atoms. The lowest BCUT2D eigenvalue weighted by Gasteiger charge is -2.10. The minimum absolute atomic E-state index is 0.0882. The molecule has 1 aliphatic rings. The average molecular weight is 424 g/mol. The molecule has 0 fully saturated rings. The molecule has 0 saturated carbocycles. The van der Waals surface area contributed by atoms with Gasteiger partial charge in [-0.15, -0.1) is 0 Å². The summed E-state index contributed by atoms with van der Waals surface area (Å²) in [6, 6.07) is 4.47. The van der Waals surface area contributed by atoms with Crippen LogP contribution in [0.4, 0.5) is 18.9 Å². The van der Waals surface area contributed by atoms with Crippen molar-refractivity contribution in [3.63, 3.8) is 0 Å². The van der Waals surface area contributed by atoms with E-state index in [0.29, 0.717) is 24.5 Å². The second-order valence-corrected chi connectivity index (χ2v) is 6.61. The van der Waals surface area contributed by atoms with Crippen LogP contribution in [-0.4, -0.2) is 28.6 Å². The highest BCUT2D eigenvalue weighted by atomic mass is 35.5. The van der Waals surface area contributed by atoms with Gasteiger partial charge in [0.1, 0.15) is 11.7 Å². The van der Waals surface area contributed by atoms with Crippen molar-refractivity contribution >= 4 is 23.1 Å². The number of nitrogens with zero attached hydrogens (tertiary/aromatic N) is 3. The second kappa shape index (κ2) is 7.37. The lowest BCUT2D eigenvalue weighted by atomic mass is 10.0. The van der Waals surface area contributed by atoms with Gasteiger partial charge >= 0.3 is 5.76 Å². The number of aliphatic imine (C=N–C) groups is 1. The molecule has 3 N–H and O–H groups in total. The molecule has 0 amide bonds. The van der Waals surface area contributed by atoms with E-state index >= 15 is 0 Å². The summed E-state index contributed by atoms with van der Waals surface area (Å²) in [4.78, 5) is 16.4. The molecule has 150 valence electrons. The number of benzene rings is 2. The fraction of sp³-hybridized carbons (Fsp3) is 0.167. The van der Waals surface area contributed by atoms with Crippen molar-refractivity contribution in [1.29, 1.82) is 0 Å². The van der Waals surface area contributed by atoms with E-state index in [1.54, 1.807) is 0 Å². The van der Waals surface area contributed by atoms with Crippen LogP contribution in [0, 0.1) is 17.5 Å². The number of hydrogen-bond donors (Lipinski definition) is 2. The second-order valence-electron chi connectivity index (χ2n) is 6.20. The van der Waals surface area contributed by atoms with Crippen molar-refractivity contribution in [3.05, 3.63) is 62.9 Å². The Kier molecular flexibility index (Phi) is 4.89. The lowest BCUT2D eigenvalue weighted by Crippen LogP contribution is -2.14. The SMILES string of the molecule is NCCN=C1Cc2c(-c3noc(=O)n3-c3ccc(F)c(Cl)c3)cc(F)c(F)c2N1. The number of rotatable bonds is 4. The molecule has 11 heteroatoms. The van der Waals surface area contributed by atoms with E-state index in [1.165, 1.54) is 12.1 Å². The summed E-state index contributed by atoms with van der Waals surface area (Å²) < 4.78 is 47.8. The topological polar surface area (TPSA) is 98.4 Å². The minimum atomic E-state index is -1.15. The summed E-state index contributed by atoms with van der Waals surface area (Å²) in [5.74, 6) is -3.49. The van der Waals surface area contributed by atoms with E-state index in [4.69, 9.17) is 21.9 Å². The van der Waals surface area contributed by atoms with Gasteiger partial charge in [0, 0.05) is 18.5 Å². The third kappa shape index (κ3) is 3.30. The standard InChI is InChI=1S/C18H13ClF3N5O2/c19-11-5-8(1-2-12(11)20)27-17(26-29-18(27)28)10-6-13(21)15(22)16-9(10)7-14(25-16)24-4-3-23/h1-2,5-6H,3-4,7,23H2,(H,24,25). The van der Waals surface area contributed by atoms with Crippen molar-refractivity contribution in [2.45, 2.75) is 6.42 Å². The Bertz CT molecular complexity index is 1200. The van der Waals surface area contributed by atoms with Crippen molar-refractivity contribution in [3.8, 4) is 17.1 Å². The monoisotopic (exact) mass is 423 g/mol. The molecule has 3 aromatic rings. The summed E-state index contributed by atoms with van der Waals surface area (Å²) in [5.41, 5.74) is 5.94. The van der Waals surface area contributed by atoms with Gasteiger partial charge in [-0.25, -0.2) is 22.5 Å². The van der Waals surface area contributed by atoms with Gasteiger partial charge in [-0.05, 0) is 29.8 Å². The molecular weight excluding hydrogens is 411 g/mol. The van der Waals surface area contributed by atoms with Crippen LogP contribution in [0.3, 0.4) is 0 Å². The fourth-order valence-electron chi connectivity index (χ4n) is 3.10. The zero-order valence-corrected chi connectivity index (χ0v) is 15.4. The Labute approximate surface area is 166 Å². The Morgan fingerprint density at radius 3 is 2.79 bits per heavy atom. The number of hydrogen-bond acceptors (Lipinski definition) is 5. The lowest BCUT2D eigenvalue weighted by molar-refractivity contribution is 0.383. The number of nitrogens with one attached hydrogen (secondary N) is 1. The Morgan fingerprint density at radius 2 is 2.07 bits per heavy atom. The first-order chi connectivity index (χ1) is 13.9. The molecule has 0 radical (unpaired) electrons. The van der Waals surface area contributed by atoms with Crippen LogP contribution in [-0.2, 0) is 6.42 Å². The maximum atomic E-state index is 14.3. The third-order valence-electron chi connectivity index (χ3n) is 4.38. The predicted octanol–water partition coefficient (Wildman–Crippen LogP) is 2.89. The van der Waals surface area contributed by atoms with Crippen LogP contribution in [0.5, 0.6) is 0 Å². The molecule has 2 aromatic carbocycles. The number of nitrogens with two attached hydrogens (primary N) is 1. The van der Waals surface area contributed by atoms with E-state index in [-0.39, 0.29) is 34.2 Å². The van der Waals surface area contributed by atoms with Crippen molar-refractivity contribution in [2.24, 2.45) is 10.7 Å². The number of halogens is 4. The zero-order valence-electron chi connectivity index (χ0n) is 14.7. The first kappa shape index (κ1) is 19.2. The molecule has 2 heterocycles. The molecule has 7 nitrogen and oxygen atoms in total. The van der Waals surface area contributed by atoms with Gasteiger partial charge in [0.2, 0.25) is 0 Å². The van der Waals surface area contributed by atoms with E-state index < -0.39 is 23.2 Å². The van der Waals surface area contributed by atoms with Crippen LogP contribution in [0.1, 0.15) is 5.56 Å². The molecule has 0 spiro atoms. The molecule has 0 atom stereocenters. The molecule has 0 aliphatic carbocycles. The van der Waals surface area contributed by atoms with Gasteiger partial charge in [0.25, 0.3) is 0 Å². The smallest absolute Gasteiger partial charge is 0.341 e. The van der Waals surface area contributed by atoms with Crippen molar-refractivity contribution in [1.82, 2.24) is 9.72 Å². The van der Waals surface area contributed by atoms with E-state index in [1.807, 2.05) is 0 Å². The van der Waals surface area contributed by atoms with Crippen LogP contribution >= 0.6 is 11.6 Å². The van der Waals surface area contributed by atoms with Crippen LogP contribution in [0.15, 0.2) is 38.6 Å². The molecular formula is C18H13ClF3N5O2. The minimum Gasteiger partial charge on any atom is -0.341 e. The molecule has 4 rings (SSSR count). The Morgan fingerprint density at radius 1 is 1.28 bits per heavy atom.